The molecule has 134 valence electrons. The van der Waals surface area contributed by atoms with Crippen molar-refractivity contribution in [3.8, 4) is 5.75 Å². The summed E-state index contributed by atoms with van der Waals surface area (Å²) in [7, 11) is 0. The predicted octanol–water partition coefficient (Wildman–Crippen LogP) is 3.50. The van der Waals surface area contributed by atoms with Crippen molar-refractivity contribution in [1.29, 1.82) is 10.8 Å². The summed E-state index contributed by atoms with van der Waals surface area (Å²) in [6.45, 7) is 0.974. The second-order valence-electron chi connectivity index (χ2n) is 5.73. The van der Waals surface area contributed by atoms with Crippen molar-refractivity contribution in [2.75, 3.05) is 18.5 Å². The monoisotopic (exact) mass is 415 g/mol. The first-order chi connectivity index (χ1) is 12.6. The van der Waals surface area contributed by atoms with Crippen LogP contribution in [-0.2, 0) is 0 Å². The topological polar surface area (TPSA) is 102 Å². The zero-order valence-electron chi connectivity index (χ0n) is 14.0. The summed E-state index contributed by atoms with van der Waals surface area (Å²) >= 11 is 3.38. The van der Waals surface area contributed by atoms with Gasteiger partial charge in [0.25, 0.3) is 5.91 Å². The summed E-state index contributed by atoms with van der Waals surface area (Å²) in [6, 6.07) is 10.4. The molecule has 0 radical (unpaired) electrons. The van der Waals surface area contributed by atoms with Gasteiger partial charge in [-0.15, -0.1) is 0 Å². The number of carbonyl (C=O) groups is 1. The molecule has 26 heavy (non-hydrogen) atoms. The number of hydrogen-bond donors (Lipinski definition) is 3. The molecule has 1 amide bonds. The molecule has 0 atom stereocenters. The van der Waals surface area contributed by atoms with E-state index in [1.807, 2.05) is 6.07 Å². The Morgan fingerprint density at radius 1 is 1.27 bits per heavy atom. The fourth-order valence-electron chi connectivity index (χ4n) is 2.58. The minimum atomic E-state index is -0.335. The molecule has 7 nitrogen and oxygen atoms in total. The Morgan fingerprint density at radius 3 is 2.92 bits per heavy atom. The summed E-state index contributed by atoms with van der Waals surface area (Å²) in [5.41, 5.74) is 0.814. The minimum Gasteiger partial charge on any atom is -0.493 e. The first kappa shape index (κ1) is 18.1. The van der Waals surface area contributed by atoms with E-state index in [0.29, 0.717) is 36.0 Å². The van der Waals surface area contributed by atoms with E-state index in [2.05, 4.69) is 26.2 Å². The van der Waals surface area contributed by atoms with Gasteiger partial charge in [0.1, 0.15) is 17.3 Å². The van der Waals surface area contributed by atoms with Crippen LogP contribution in [0.25, 0.3) is 0 Å². The number of benzene rings is 1. The third-order valence-electron chi connectivity index (χ3n) is 3.91. The Bertz CT molecular complexity index is 855. The van der Waals surface area contributed by atoms with Gasteiger partial charge in [-0.2, -0.15) is 0 Å². The molecular weight excluding hydrogens is 398 g/mol. The van der Waals surface area contributed by atoms with Crippen molar-refractivity contribution in [3.63, 3.8) is 0 Å². The second kappa shape index (κ2) is 8.09. The highest BCUT2D eigenvalue weighted by molar-refractivity contribution is 9.10. The zero-order chi connectivity index (χ0) is 18.5. The number of nitrogens with one attached hydrogen (secondary N) is 3. The first-order valence-electron chi connectivity index (χ1n) is 8.15. The quantitative estimate of drug-likeness (QED) is 0.489. The number of aromatic nitrogens is 1. The highest BCUT2D eigenvalue weighted by Crippen LogP contribution is 2.25. The molecule has 3 N–H and O–H groups in total. The van der Waals surface area contributed by atoms with Gasteiger partial charge in [-0.1, -0.05) is 22.0 Å². The van der Waals surface area contributed by atoms with Gasteiger partial charge in [0.15, 0.2) is 5.84 Å². The number of pyridine rings is 1. The molecule has 0 unspecified atom stereocenters. The summed E-state index contributed by atoms with van der Waals surface area (Å²) in [5.74, 6) is 0.636. The Balaban J connectivity index is 1.98. The molecule has 1 aromatic heterocycles. The van der Waals surface area contributed by atoms with Crippen LogP contribution < -0.4 is 10.1 Å². The van der Waals surface area contributed by atoms with Crippen molar-refractivity contribution in [2.45, 2.75) is 12.8 Å². The molecule has 2 aromatic rings. The average Bonchev–Trinajstić information content (AvgIpc) is 2.64. The normalized spacial score (nSPS) is 15.3. The third-order valence-corrected chi connectivity index (χ3v) is 4.41. The van der Waals surface area contributed by atoms with E-state index in [0.717, 1.165) is 23.7 Å². The fraction of sp³-hybridized carbons (Fsp3) is 0.222. The van der Waals surface area contributed by atoms with Gasteiger partial charge in [-0.05, 0) is 43.2 Å². The molecule has 1 aliphatic rings. The second-order valence-corrected chi connectivity index (χ2v) is 6.65. The lowest BCUT2D eigenvalue weighted by Crippen LogP contribution is -2.31. The van der Waals surface area contributed by atoms with Crippen molar-refractivity contribution < 1.29 is 9.53 Å². The average molecular weight is 416 g/mol. The molecular formula is C18H18BrN5O2. The van der Waals surface area contributed by atoms with Gasteiger partial charge in [-0.3, -0.25) is 15.6 Å². The van der Waals surface area contributed by atoms with Crippen LogP contribution in [0.4, 0.5) is 5.82 Å². The maximum atomic E-state index is 12.7. The van der Waals surface area contributed by atoms with E-state index in [1.54, 1.807) is 30.3 Å². The van der Waals surface area contributed by atoms with Gasteiger partial charge in [-0.25, -0.2) is 4.98 Å². The molecule has 0 saturated heterocycles. The number of carbonyl (C=O) groups excluding carboxylic acids is 1. The third kappa shape index (κ3) is 4.08. The molecule has 0 aliphatic carbocycles. The molecule has 2 heterocycles. The molecule has 0 fully saturated rings. The number of anilines is 1. The molecule has 2 bridgehead atoms. The summed E-state index contributed by atoms with van der Waals surface area (Å²) in [4.78, 5) is 18.5. The van der Waals surface area contributed by atoms with Crippen molar-refractivity contribution in [3.05, 3.63) is 52.1 Å². The van der Waals surface area contributed by atoms with Gasteiger partial charge in [0.05, 0.1) is 18.5 Å². The first-order valence-corrected chi connectivity index (χ1v) is 8.94. The van der Waals surface area contributed by atoms with Gasteiger partial charge in [0, 0.05) is 11.0 Å². The highest BCUT2D eigenvalue weighted by Gasteiger charge is 2.17. The van der Waals surface area contributed by atoms with Crippen LogP contribution in [0.1, 0.15) is 28.9 Å². The number of halogens is 1. The van der Waals surface area contributed by atoms with Crippen LogP contribution in [0.15, 0.2) is 40.9 Å². The summed E-state index contributed by atoms with van der Waals surface area (Å²) in [5, 5.41) is 18.6. The molecule has 1 aliphatic heterocycles. The van der Waals surface area contributed by atoms with Crippen LogP contribution in [0, 0.1) is 10.8 Å². The number of ether oxygens (including phenoxy) is 1. The standard InChI is InChI=1S/C18H18BrN5O2/c19-12-6-7-15-13(10-12)18(25)23-16-5-3-4-14(22-16)17(21)24(11-20)8-1-2-9-26-15/h3-7,10-11,20-21H,1-2,8-9H2,(H,22,23,25). The van der Waals surface area contributed by atoms with E-state index < -0.39 is 0 Å². The number of fused-ring (bicyclic) bond motifs is 3. The molecule has 0 saturated carbocycles. The van der Waals surface area contributed by atoms with Crippen LogP contribution in [-0.4, -0.2) is 41.1 Å². The Hall–Kier alpha value is -2.74. The minimum absolute atomic E-state index is 0.122. The van der Waals surface area contributed by atoms with Crippen LogP contribution >= 0.6 is 15.9 Å². The smallest absolute Gasteiger partial charge is 0.260 e. The van der Waals surface area contributed by atoms with Crippen LogP contribution in [0.3, 0.4) is 0 Å². The van der Waals surface area contributed by atoms with Crippen molar-refractivity contribution in [2.24, 2.45) is 0 Å². The lowest BCUT2D eigenvalue weighted by atomic mass is 10.2. The fourth-order valence-corrected chi connectivity index (χ4v) is 2.94. The van der Waals surface area contributed by atoms with Crippen LogP contribution in [0.2, 0.25) is 0 Å². The molecule has 8 heteroatoms. The largest absolute Gasteiger partial charge is 0.493 e. The van der Waals surface area contributed by atoms with Gasteiger partial charge in [0.2, 0.25) is 0 Å². The van der Waals surface area contributed by atoms with Crippen molar-refractivity contribution >= 4 is 39.8 Å². The Morgan fingerprint density at radius 2 is 2.12 bits per heavy atom. The number of hydrogen-bond acceptors (Lipinski definition) is 5. The number of amides is 1. The molecule has 1 aromatic carbocycles. The van der Waals surface area contributed by atoms with E-state index in [1.165, 1.54) is 4.90 Å². The Labute approximate surface area is 159 Å². The van der Waals surface area contributed by atoms with Crippen molar-refractivity contribution in [1.82, 2.24) is 9.88 Å². The highest BCUT2D eigenvalue weighted by atomic mass is 79.9. The van der Waals surface area contributed by atoms with E-state index >= 15 is 0 Å². The number of nitrogens with zero attached hydrogens (tertiary/aromatic N) is 2. The summed E-state index contributed by atoms with van der Waals surface area (Å²) in [6.07, 6.45) is 2.60. The van der Waals surface area contributed by atoms with Gasteiger partial charge < -0.3 is 15.0 Å². The zero-order valence-corrected chi connectivity index (χ0v) is 15.5. The molecule has 0 spiro atoms. The lowest BCUT2D eigenvalue weighted by molar-refractivity contribution is 0.102. The lowest BCUT2D eigenvalue weighted by Gasteiger charge is -2.20. The number of rotatable bonds is 1. The maximum absolute atomic E-state index is 12.7. The van der Waals surface area contributed by atoms with E-state index in [-0.39, 0.29) is 11.7 Å². The van der Waals surface area contributed by atoms with Crippen LogP contribution in [0.5, 0.6) is 5.75 Å². The number of amidine groups is 1. The van der Waals surface area contributed by atoms with E-state index in [9.17, 15) is 4.79 Å². The van der Waals surface area contributed by atoms with E-state index in [4.69, 9.17) is 15.6 Å². The summed E-state index contributed by atoms with van der Waals surface area (Å²) < 4.78 is 6.56. The Kier molecular flexibility index (Phi) is 5.62. The SMILES string of the molecule is N=CN1CCCCOc2ccc(Br)cc2C(=O)Nc2cccc(n2)C1=N. The van der Waals surface area contributed by atoms with Gasteiger partial charge >= 0.3 is 0 Å². The maximum Gasteiger partial charge on any atom is 0.260 e. The predicted molar refractivity (Wildman–Crippen MR) is 103 cm³/mol. The molecule has 3 rings (SSSR count).